The summed E-state index contributed by atoms with van der Waals surface area (Å²) >= 11 is 0. The van der Waals surface area contributed by atoms with Crippen molar-refractivity contribution in [2.75, 3.05) is 6.79 Å². The number of fused-ring (bicyclic) bond motifs is 1. The number of carboxylic acids is 1. The lowest BCUT2D eigenvalue weighted by molar-refractivity contribution is -0.151. The summed E-state index contributed by atoms with van der Waals surface area (Å²) in [4.78, 5) is 22.7. The molecule has 2 aliphatic rings. The van der Waals surface area contributed by atoms with Crippen LogP contribution in [0.1, 0.15) is 18.4 Å². The summed E-state index contributed by atoms with van der Waals surface area (Å²) in [6.45, 7) is 0.532. The van der Waals surface area contributed by atoms with E-state index in [1.165, 1.54) is 0 Å². The second-order valence-electron chi connectivity index (χ2n) is 4.93. The number of ether oxygens (including phenoxy) is 3. The number of hydrogen-bond acceptors (Lipinski definition) is 5. The van der Waals surface area contributed by atoms with E-state index in [-0.39, 0.29) is 12.7 Å². The number of carbonyl (C=O) groups is 2. The van der Waals surface area contributed by atoms with Crippen molar-refractivity contribution in [3.63, 3.8) is 0 Å². The van der Waals surface area contributed by atoms with Gasteiger partial charge in [0.2, 0.25) is 12.7 Å². The van der Waals surface area contributed by atoms with E-state index in [2.05, 4.69) is 5.32 Å². The zero-order chi connectivity index (χ0) is 14.8. The van der Waals surface area contributed by atoms with E-state index in [1.54, 1.807) is 12.1 Å². The second-order valence-corrected chi connectivity index (χ2v) is 4.93. The molecule has 112 valence electrons. The summed E-state index contributed by atoms with van der Waals surface area (Å²) in [7, 11) is 0. The molecule has 7 heteroatoms. The van der Waals surface area contributed by atoms with Crippen LogP contribution >= 0.6 is 0 Å². The average molecular weight is 293 g/mol. The van der Waals surface area contributed by atoms with E-state index < -0.39 is 18.2 Å². The third kappa shape index (κ3) is 2.92. The van der Waals surface area contributed by atoms with Gasteiger partial charge in [0.15, 0.2) is 17.6 Å². The Morgan fingerprint density at radius 3 is 2.71 bits per heavy atom. The fourth-order valence-corrected chi connectivity index (χ4v) is 2.37. The van der Waals surface area contributed by atoms with Gasteiger partial charge in [0, 0.05) is 6.54 Å². The Balaban J connectivity index is 1.53. The predicted octanol–water partition coefficient (Wildman–Crippen LogP) is 0.664. The highest BCUT2D eigenvalue weighted by Crippen LogP contribution is 2.32. The molecule has 1 aromatic rings. The van der Waals surface area contributed by atoms with Crippen LogP contribution in [0, 0.1) is 0 Å². The van der Waals surface area contributed by atoms with Crippen molar-refractivity contribution in [3.8, 4) is 11.5 Å². The van der Waals surface area contributed by atoms with Crippen LogP contribution in [0.5, 0.6) is 11.5 Å². The van der Waals surface area contributed by atoms with Gasteiger partial charge in [-0.05, 0) is 30.5 Å². The maximum absolute atomic E-state index is 11.9. The number of hydrogen-bond donors (Lipinski definition) is 2. The molecule has 1 amide bonds. The Kier molecular flexibility index (Phi) is 3.66. The van der Waals surface area contributed by atoms with Gasteiger partial charge in [-0.2, -0.15) is 0 Å². The van der Waals surface area contributed by atoms with E-state index >= 15 is 0 Å². The molecule has 2 heterocycles. The van der Waals surface area contributed by atoms with Crippen LogP contribution in [-0.2, 0) is 20.9 Å². The highest BCUT2D eigenvalue weighted by molar-refractivity contribution is 5.82. The molecule has 0 radical (unpaired) electrons. The van der Waals surface area contributed by atoms with Gasteiger partial charge in [-0.15, -0.1) is 0 Å². The van der Waals surface area contributed by atoms with Crippen LogP contribution in [0.15, 0.2) is 18.2 Å². The van der Waals surface area contributed by atoms with Crippen molar-refractivity contribution in [3.05, 3.63) is 23.8 Å². The fourth-order valence-electron chi connectivity index (χ4n) is 2.37. The standard InChI is InChI=1S/C14H15NO6/c16-13(10-3-4-11(21-10)14(17)18)15-6-8-1-2-9-12(5-8)20-7-19-9/h1-2,5,10-11H,3-4,6-7H2,(H,15,16)(H,17,18). The summed E-state index contributed by atoms with van der Waals surface area (Å²) in [5.74, 6) is 0.0239. The molecule has 0 saturated carbocycles. The van der Waals surface area contributed by atoms with Crippen molar-refractivity contribution >= 4 is 11.9 Å². The minimum Gasteiger partial charge on any atom is -0.479 e. The molecule has 1 saturated heterocycles. The molecule has 1 aromatic carbocycles. The van der Waals surface area contributed by atoms with Gasteiger partial charge < -0.3 is 24.6 Å². The predicted molar refractivity (Wildman–Crippen MR) is 69.9 cm³/mol. The molecule has 1 fully saturated rings. The summed E-state index contributed by atoms with van der Waals surface area (Å²) in [5.41, 5.74) is 0.875. The first-order valence-electron chi connectivity index (χ1n) is 6.68. The minimum atomic E-state index is -1.03. The summed E-state index contributed by atoms with van der Waals surface area (Å²) < 4.78 is 15.7. The van der Waals surface area contributed by atoms with Gasteiger partial charge in [-0.3, -0.25) is 4.79 Å². The third-order valence-electron chi connectivity index (χ3n) is 3.49. The number of carboxylic acid groups (broad SMARTS) is 1. The van der Waals surface area contributed by atoms with Crippen molar-refractivity contribution < 1.29 is 28.9 Å². The molecule has 2 atom stereocenters. The quantitative estimate of drug-likeness (QED) is 0.847. The molecule has 2 aliphatic heterocycles. The van der Waals surface area contributed by atoms with E-state index in [1.807, 2.05) is 6.07 Å². The van der Waals surface area contributed by atoms with Crippen molar-refractivity contribution in [1.29, 1.82) is 0 Å². The van der Waals surface area contributed by atoms with Crippen LogP contribution in [0.2, 0.25) is 0 Å². The number of amides is 1. The molecule has 7 nitrogen and oxygen atoms in total. The first-order valence-corrected chi connectivity index (χ1v) is 6.68. The molecule has 3 rings (SSSR count). The average Bonchev–Trinajstić information content (AvgIpc) is 3.12. The van der Waals surface area contributed by atoms with Crippen molar-refractivity contribution in [1.82, 2.24) is 5.32 Å². The number of rotatable bonds is 4. The lowest BCUT2D eigenvalue weighted by Crippen LogP contribution is -2.35. The molecule has 21 heavy (non-hydrogen) atoms. The van der Waals surface area contributed by atoms with Gasteiger partial charge in [0.1, 0.15) is 6.10 Å². The third-order valence-corrected chi connectivity index (χ3v) is 3.49. The van der Waals surface area contributed by atoms with Crippen LogP contribution in [-0.4, -0.2) is 36.0 Å². The van der Waals surface area contributed by atoms with Crippen LogP contribution in [0.4, 0.5) is 0 Å². The molecular formula is C14H15NO6. The molecule has 0 aliphatic carbocycles. The molecule has 2 unspecified atom stereocenters. The maximum atomic E-state index is 11.9. The molecule has 0 bridgehead atoms. The van der Waals surface area contributed by atoms with Crippen LogP contribution in [0.25, 0.3) is 0 Å². The minimum absolute atomic E-state index is 0.206. The number of carbonyl (C=O) groups excluding carboxylic acids is 1. The van der Waals surface area contributed by atoms with E-state index in [9.17, 15) is 9.59 Å². The summed E-state index contributed by atoms with van der Waals surface area (Å²) in [5, 5.41) is 11.6. The lowest BCUT2D eigenvalue weighted by Gasteiger charge is -2.12. The fraction of sp³-hybridized carbons (Fsp3) is 0.429. The van der Waals surface area contributed by atoms with E-state index in [0.717, 1.165) is 5.56 Å². The first-order chi connectivity index (χ1) is 10.1. The summed E-state index contributed by atoms with van der Waals surface area (Å²) in [6, 6.07) is 5.43. The van der Waals surface area contributed by atoms with Crippen LogP contribution < -0.4 is 14.8 Å². The largest absolute Gasteiger partial charge is 0.479 e. The zero-order valence-corrected chi connectivity index (χ0v) is 11.2. The molecular weight excluding hydrogens is 278 g/mol. The Hall–Kier alpha value is -2.28. The Morgan fingerprint density at radius 2 is 1.95 bits per heavy atom. The maximum Gasteiger partial charge on any atom is 0.332 e. The van der Waals surface area contributed by atoms with Gasteiger partial charge in [0.25, 0.3) is 0 Å². The smallest absolute Gasteiger partial charge is 0.332 e. The van der Waals surface area contributed by atoms with E-state index in [4.69, 9.17) is 19.3 Å². The molecule has 0 spiro atoms. The topological polar surface area (TPSA) is 94.1 Å². The number of benzene rings is 1. The molecule has 2 N–H and O–H groups in total. The highest BCUT2D eigenvalue weighted by atomic mass is 16.7. The van der Waals surface area contributed by atoms with Gasteiger partial charge in [0.05, 0.1) is 0 Å². The first kappa shape index (κ1) is 13.7. The Morgan fingerprint density at radius 1 is 1.19 bits per heavy atom. The highest BCUT2D eigenvalue weighted by Gasteiger charge is 2.34. The van der Waals surface area contributed by atoms with Gasteiger partial charge >= 0.3 is 5.97 Å². The lowest BCUT2D eigenvalue weighted by atomic mass is 10.1. The number of aliphatic carboxylic acids is 1. The summed E-state index contributed by atoms with van der Waals surface area (Å²) in [6.07, 6.45) is -0.798. The Labute approximate surface area is 120 Å². The second kappa shape index (κ2) is 5.61. The number of nitrogens with one attached hydrogen (secondary N) is 1. The van der Waals surface area contributed by atoms with Crippen molar-refractivity contribution in [2.45, 2.75) is 31.6 Å². The van der Waals surface area contributed by atoms with Crippen LogP contribution in [0.3, 0.4) is 0 Å². The van der Waals surface area contributed by atoms with Gasteiger partial charge in [-0.25, -0.2) is 4.79 Å². The normalized spacial score (nSPS) is 23.0. The Bertz CT molecular complexity index is 573. The SMILES string of the molecule is O=C(O)C1CCC(C(=O)NCc2ccc3c(c2)OCO3)O1. The van der Waals surface area contributed by atoms with E-state index in [0.29, 0.717) is 30.9 Å². The van der Waals surface area contributed by atoms with Crippen molar-refractivity contribution in [2.24, 2.45) is 0 Å². The monoisotopic (exact) mass is 293 g/mol. The van der Waals surface area contributed by atoms with Gasteiger partial charge in [-0.1, -0.05) is 6.07 Å². The zero-order valence-electron chi connectivity index (χ0n) is 11.2. The molecule has 0 aromatic heterocycles.